The number of halogens is 1. The fraction of sp³-hybridized carbons (Fsp3) is 1.00. The van der Waals surface area contributed by atoms with Crippen LogP contribution in [0.1, 0.15) is 27.7 Å². The van der Waals surface area contributed by atoms with Crippen LogP contribution in [0.5, 0.6) is 0 Å². The molecule has 0 aliphatic carbocycles. The lowest BCUT2D eigenvalue weighted by molar-refractivity contribution is -1.05. The van der Waals surface area contributed by atoms with Crippen LogP contribution in [0.4, 0.5) is 0 Å². The number of quaternary nitrogens is 1. The molecule has 0 aliphatic rings. The highest BCUT2D eigenvalue weighted by Crippen LogP contribution is 2.14. The molecule has 0 radical (unpaired) electrons. The van der Waals surface area contributed by atoms with Crippen molar-refractivity contribution < 1.29 is 20.1 Å². The smallest absolute Gasteiger partial charge is 0.125 e. The summed E-state index contributed by atoms with van der Waals surface area (Å²) in [6.45, 7) is 7.10. The number of nitrogens with zero attached hydrogens (tertiary/aromatic N) is 1. The van der Waals surface area contributed by atoms with Crippen molar-refractivity contribution in [2.75, 3.05) is 13.6 Å². The van der Waals surface area contributed by atoms with Crippen molar-refractivity contribution in [2.24, 2.45) is 0 Å². The van der Waals surface area contributed by atoms with Crippen molar-refractivity contribution in [1.82, 2.24) is 14.3 Å². The second-order valence-electron chi connectivity index (χ2n) is 4.68. The first-order valence-corrected chi connectivity index (χ1v) is 6.04. The Balaban J connectivity index is 3.98. The summed E-state index contributed by atoms with van der Waals surface area (Å²) in [6, 6.07) is 0. The number of hydrazine groups is 1. The number of hydroxylamine groups is 3. The molecule has 0 amide bonds. The van der Waals surface area contributed by atoms with Crippen LogP contribution < -0.4 is 16.1 Å². The molecule has 0 fully saturated rings. The first-order valence-electron chi connectivity index (χ1n) is 5.07. The van der Waals surface area contributed by atoms with Gasteiger partial charge in [-0.2, -0.15) is 5.43 Å². The second kappa shape index (κ2) is 7.11. The Hall–Kier alpha value is 0.410. The molecule has 17 heavy (non-hydrogen) atoms. The Morgan fingerprint density at radius 2 is 1.94 bits per heavy atom. The number of aliphatic hydroxyl groups is 1. The minimum Gasteiger partial charge on any atom is -0.599 e. The average Bonchev–Trinajstić information content (AvgIpc) is 1.96. The van der Waals surface area contributed by atoms with Gasteiger partial charge in [0.05, 0.1) is 36.5 Å². The van der Waals surface area contributed by atoms with Crippen molar-refractivity contribution in [2.45, 2.75) is 39.0 Å². The predicted molar refractivity (Wildman–Crippen MR) is 69.8 cm³/mol. The molecule has 0 aliphatic heterocycles. The van der Waals surface area contributed by atoms with E-state index in [4.69, 9.17) is 4.84 Å². The van der Waals surface area contributed by atoms with Crippen LogP contribution in [0.2, 0.25) is 0 Å². The van der Waals surface area contributed by atoms with Gasteiger partial charge in [-0.15, -0.1) is 10.4 Å². The van der Waals surface area contributed by atoms with Crippen molar-refractivity contribution in [3.63, 3.8) is 0 Å². The van der Waals surface area contributed by atoms with Crippen LogP contribution in [-0.4, -0.2) is 33.4 Å². The highest BCUT2D eigenvalue weighted by atomic mass is 127. The van der Waals surface area contributed by atoms with E-state index in [0.717, 1.165) is 0 Å². The quantitative estimate of drug-likeness (QED) is 0.191. The minimum absolute atomic E-state index is 0.305. The van der Waals surface area contributed by atoms with E-state index in [1.54, 1.807) is 27.7 Å². The normalized spacial score (nSPS) is 15.4. The summed E-state index contributed by atoms with van der Waals surface area (Å²) in [4.78, 5) is 10.1. The number of hydrogen-bond acceptors (Lipinski definition) is 7. The fourth-order valence-electron chi connectivity index (χ4n) is 0.799. The maximum Gasteiger partial charge on any atom is 0.125 e. The topological polar surface area (TPSA) is 93.5 Å². The molecule has 104 valence electrons. The molecule has 1 atom stereocenters. The lowest BCUT2D eigenvalue weighted by Gasteiger charge is -2.32. The molecule has 0 spiro atoms. The van der Waals surface area contributed by atoms with Crippen LogP contribution >= 0.6 is 22.9 Å². The molecule has 0 aromatic heterocycles. The maximum absolute atomic E-state index is 10.6. The highest BCUT2D eigenvalue weighted by Gasteiger charge is 2.25. The Kier molecular flexibility index (Phi) is 7.28. The molecular weight excluding hydrogens is 343 g/mol. The Labute approximate surface area is 115 Å². The maximum atomic E-state index is 10.6. The van der Waals surface area contributed by atoms with Crippen LogP contribution in [-0.2, 0) is 9.78 Å². The van der Waals surface area contributed by atoms with Gasteiger partial charge in [-0.3, -0.25) is 4.84 Å². The SMILES string of the molecule is C[NH+]([O-])ONCC(C)(C)ON(I)NC(C)(C)O. The monoisotopic (exact) mass is 364 g/mol. The van der Waals surface area contributed by atoms with Gasteiger partial charge in [0.2, 0.25) is 0 Å². The van der Waals surface area contributed by atoms with E-state index in [0.29, 0.717) is 6.54 Å². The van der Waals surface area contributed by atoms with Crippen LogP contribution in [0, 0.1) is 5.21 Å². The minimum atomic E-state index is -1.08. The van der Waals surface area contributed by atoms with Crippen LogP contribution in [0.15, 0.2) is 0 Å². The number of nitrogens with one attached hydrogen (secondary N) is 3. The van der Waals surface area contributed by atoms with Crippen molar-refractivity contribution in [3.05, 3.63) is 5.21 Å². The molecule has 8 nitrogen and oxygen atoms in total. The first-order chi connectivity index (χ1) is 7.52. The van der Waals surface area contributed by atoms with Gasteiger partial charge in [-0.05, 0) is 27.7 Å². The van der Waals surface area contributed by atoms with E-state index in [1.165, 1.54) is 10.4 Å². The van der Waals surface area contributed by atoms with E-state index < -0.39 is 16.6 Å². The van der Waals surface area contributed by atoms with Crippen molar-refractivity contribution >= 4 is 22.9 Å². The van der Waals surface area contributed by atoms with Crippen molar-refractivity contribution in [3.8, 4) is 0 Å². The number of hydrogen-bond donors (Lipinski definition) is 4. The molecule has 9 heteroatoms. The van der Waals surface area contributed by atoms with E-state index >= 15 is 0 Å². The largest absolute Gasteiger partial charge is 0.599 e. The molecule has 1 unspecified atom stereocenters. The van der Waals surface area contributed by atoms with Gasteiger partial charge >= 0.3 is 0 Å². The third kappa shape index (κ3) is 11.2. The summed E-state index contributed by atoms with van der Waals surface area (Å²) in [5.74, 6) is 0. The molecule has 4 N–H and O–H groups in total. The lowest BCUT2D eigenvalue weighted by Crippen LogP contribution is -3.04. The first kappa shape index (κ1) is 17.4. The summed E-state index contributed by atoms with van der Waals surface area (Å²) in [7, 11) is 1.31. The summed E-state index contributed by atoms with van der Waals surface area (Å²) < 4.78 is 1.28. The van der Waals surface area contributed by atoms with Gasteiger partial charge in [-0.1, -0.05) is 3.39 Å². The van der Waals surface area contributed by atoms with Gasteiger partial charge in [0.25, 0.3) is 0 Å². The van der Waals surface area contributed by atoms with Gasteiger partial charge in [0, 0.05) is 0 Å². The molecule has 0 saturated heterocycles. The Morgan fingerprint density at radius 3 is 2.35 bits per heavy atom. The van der Waals surface area contributed by atoms with E-state index in [2.05, 4.69) is 15.8 Å². The van der Waals surface area contributed by atoms with Gasteiger partial charge in [0.1, 0.15) is 11.3 Å². The summed E-state index contributed by atoms with van der Waals surface area (Å²) >= 11 is 1.86. The third-order valence-electron chi connectivity index (χ3n) is 1.40. The molecule has 0 rings (SSSR count). The second-order valence-corrected chi connectivity index (χ2v) is 5.56. The number of rotatable bonds is 8. The summed E-state index contributed by atoms with van der Waals surface area (Å²) in [6.07, 6.45) is 0. The van der Waals surface area contributed by atoms with Crippen molar-refractivity contribution in [1.29, 1.82) is 0 Å². The fourth-order valence-corrected chi connectivity index (χ4v) is 1.92. The van der Waals surface area contributed by atoms with E-state index in [1.807, 2.05) is 22.9 Å². The third-order valence-corrected chi connectivity index (χ3v) is 1.84. The molecule has 0 aromatic carbocycles. The standard InChI is InChI=1S/C8H21IN4O4/c1-7(2,6-10-17-12(5)15)16-13(9)11-8(3,4)14/h10-12,14H,6H2,1-5H3. The molecule has 0 aromatic rings. The van der Waals surface area contributed by atoms with Gasteiger partial charge in [-0.25, -0.2) is 5.23 Å². The Morgan fingerprint density at radius 1 is 1.41 bits per heavy atom. The van der Waals surface area contributed by atoms with E-state index in [-0.39, 0.29) is 0 Å². The zero-order valence-corrected chi connectivity index (χ0v) is 12.9. The predicted octanol–water partition coefficient (Wildman–Crippen LogP) is -0.970. The summed E-state index contributed by atoms with van der Waals surface area (Å²) in [5, 5.41) is 19.7. The molecular formula is C8H21IN4O4. The average molecular weight is 364 g/mol. The van der Waals surface area contributed by atoms with Crippen LogP contribution in [0.25, 0.3) is 0 Å². The van der Waals surface area contributed by atoms with Gasteiger partial charge in [0.15, 0.2) is 0 Å². The van der Waals surface area contributed by atoms with Gasteiger partial charge < -0.3 is 10.3 Å². The lowest BCUT2D eigenvalue weighted by atomic mass is 10.1. The molecule has 0 saturated carbocycles. The zero-order valence-electron chi connectivity index (χ0n) is 10.7. The summed E-state index contributed by atoms with van der Waals surface area (Å²) in [5.41, 5.74) is 3.49. The molecule has 0 bridgehead atoms. The zero-order chi connectivity index (χ0) is 13.7. The highest BCUT2D eigenvalue weighted by molar-refractivity contribution is 14.1. The Bertz CT molecular complexity index is 222. The van der Waals surface area contributed by atoms with Crippen LogP contribution in [0.3, 0.4) is 0 Å². The van der Waals surface area contributed by atoms with E-state index in [9.17, 15) is 10.3 Å². The molecule has 0 heterocycles.